The van der Waals surface area contributed by atoms with Crippen LogP contribution in [0.5, 0.6) is 5.75 Å². The van der Waals surface area contributed by atoms with Crippen LogP contribution in [0.2, 0.25) is 5.02 Å². The Hall–Kier alpha value is -0.705. The van der Waals surface area contributed by atoms with Crippen LogP contribution < -0.4 is 10.2 Å². The van der Waals surface area contributed by atoms with Gasteiger partial charge in [-0.25, -0.2) is 0 Å². The van der Waals surface area contributed by atoms with E-state index in [9.17, 15) is 0 Å². The molecule has 3 nitrogen and oxygen atoms in total. The molecule has 0 bridgehead atoms. The smallest absolute Gasteiger partial charge is 0.488 e. The Morgan fingerprint density at radius 1 is 1.42 bits per heavy atom. The normalized spacial score (nSPS) is 9.67. The molecule has 0 radical (unpaired) electrons. The van der Waals surface area contributed by atoms with Crippen molar-refractivity contribution in [2.24, 2.45) is 0 Å². The highest BCUT2D eigenvalue weighted by atomic mass is 35.5. The first-order valence-electron chi connectivity index (χ1n) is 3.34. The monoisotopic (exact) mass is 186 g/mol. The second-order valence-corrected chi connectivity index (χ2v) is 2.67. The highest BCUT2D eigenvalue weighted by Crippen LogP contribution is 2.21. The van der Waals surface area contributed by atoms with Crippen LogP contribution >= 0.6 is 11.6 Å². The number of benzene rings is 1. The molecule has 0 aliphatic rings. The number of hydrogen-bond donors (Lipinski definition) is 2. The number of ether oxygens (including phenoxy) is 1. The molecule has 1 rings (SSSR count). The molecule has 0 aliphatic carbocycles. The van der Waals surface area contributed by atoms with E-state index >= 15 is 0 Å². The minimum Gasteiger partial charge on any atom is -0.495 e. The Labute approximate surface area is 75.7 Å². The molecule has 0 amide bonds. The second kappa shape index (κ2) is 3.80. The van der Waals surface area contributed by atoms with Gasteiger partial charge >= 0.3 is 7.12 Å². The molecule has 0 unspecified atom stereocenters. The Morgan fingerprint density at radius 2 is 2.08 bits per heavy atom. The average Bonchev–Trinajstić information content (AvgIpc) is 2.05. The van der Waals surface area contributed by atoms with Gasteiger partial charge in [0, 0.05) is 0 Å². The van der Waals surface area contributed by atoms with E-state index < -0.39 is 7.12 Å². The van der Waals surface area contributed by atoms with Gasteiger partial charge in [-0.05, 0) is 17.6 Å². The molecule has 1 aromatic rings. The molecule has 1 aromatic carbocycles. The summed E-state index contributed by atoms with van der Waals surface area (Å²) in [4.78, 5) is 0. The third-order valence-corrected chi connectivity index (χ3v) is 1.79. The van der Waals surface area contributed by atoms with E-state index in [0.717, 1.165) is 0 Å². The van der Waals surface area contributed by atoms with Crippen molar-refractivity contribution in [2.75, 3.05) is 7.11 Å². The van der Waals surface area contributed by atoms with E-state index in [1.165, 1.54) is 19.2 Å². The highest BCUT2D eigenvalue weighted by molar-refractivity contribution is 6.58. The quantitative estimate of drug-likeness (QED) is 0.641. The van der Waals surface area contributed by atoms with Crippen molar-refractivity contribution in [1.82, 2.24) is 0 Å². The van der Waals surface area contributed by atoms with E-state index in [-0.39, 0.29) is 0 Å². The first-order valence-corrected chi connectivity index (χ1v) is 3.72. The zero-order valence-electron chi connectivity index (χ0n) is 6.49. The van der Waals surface area contributed by atoms with Gasteiger partial charge in [-0.15, -0.1) is 0 Å². The number of rotatable bonds is 2. The fourth-order valence-corrected chi connectivity index (χ4v) is 1.03. The molecule has 12 heavy (non-hydrogen) atoms. The zero-order chi connectivity index (χ0) is 9.14. The molecule has 0 saturated carbocycles. The average molecular weight is 186 g/mol. The maximum absolute atomic E-state index is 8.79. The molecule has 2 N–H and O–H groups in total. The Morgan fingerprint density at radius 3 is 2.58 bits per heavy atom. The van der Waals surface area contributed by atoms with Crippen molar-refractivity contribution in [3.8, 4) is 5.75 Å². The van der Waals surface area contributed by atoms with Gasteiger partial charge in [0.1, 0.15) is 5.75 Å². The largest absolute Gasteiger partial charge is 0.495 e. The Bertz CT molecular complexity index is 277. The van der Waals surface area contributed by atoms with Crippen LogP contribution in [-0.4, -0.2) is 24.3 Å². The summed E-state index contributed by atoms with van der Waals surface area (Å²) in [7, 11) is -0.0226. The van der Waals surface area contributed by atoms with Gasteiger partial charge in [-0.3, -0.25) is 0 Å². The highest BCUT2D eigenvalue weighted by Gasteiger charge is 2.12. The molecule has 0 saturated heterocycles. The van der Waals surface area contributed by atoms with Gasteiger partial charge in [0.15, 0.2) is 0 Å². The summed E-state index contributed by atoms with van der Waals surface area (Å²) >= 11 is 5.71. The van der Waals surface area contributed by atoms with Crippen LogP contribution in [0.1, 0.15) is 0 Å². The van der Waals surface area contributed by atoms with Crippen LogP contribution in [0.15, 0.2) is 18.2 Å². The molecule has 0 spiro atoms. The van der Waals surface area contributed by atoms with Gasteiger partial charge in [-0.1, -0.05) is 17.7 Å². The van der Waals surface area contributed by atoms with Crippen LogP contribution in [0.25, 0.3) is 0 Å². The zero-order valence-corrected chi connectivity index (χ0v) is 7.25. The Kier molecular flexibility index (Phi) is 2.97. The topological polar surface area (TPSA) is 49.7 Å². The van der Waals surface area contributed by atoms with Crippen LogP contribution in [0, 0.1) is 0 Å². The standard InChI is InChI=1S/C7H8BClO3/c1-12-7-4-5(8(10)11)2-3-6(7)9/h2-4,10-11H,1H3. The molecule has 0 atom stereocenters. The first kappa shape index (κ1) is 9.38. The maximum Gasteiger partial charge on any atom is 0.488 e. The summed E-state index contributed by atoms with van der Waals surface area (Å²) in [6.45, 7) is 0. The summed E-state index contributed by atoms with van der Waals surface area (Å²) in [5.74, 6) is 0.433. The number of methoxy groups -OCH3 is 1. The molecule has 0 heterocycles. The van der Waals surface area contributed by atoms with Crippen LogP contribution in [0.4, 0.5) is 0 Å². The van der Waals surface area contributed by atoms with Crippen LogP contribution in [0.3, 0.4) is 0 Å². The van der Waals surface area contributed by atoms with Crippen molar-refractivity contribution in [3.05, 3.63) is 23.2 Å². The van der Waals surface area contributed by atoms with Gasteiger partial charge in [0.05, 0.1) is 12.1 Å². The molecular weight excluding hydrogens is 178 g/mol. The Balaban J connectivity index is 3.05. The van der Waals surface area contributed by atoms with E-state index in [4.69, 9.17) is 26.4 Å². The first-order chi connectivity index (χ1) is 5.65. The molecule has 0 aromatic heterocycles. The number of halogens is 1. The van der Waals surface area contributed by atoms with Crippen molar-refractivity contribution in [1.29, 1.82) is 0 Å². The third kappa shape index (κ3) is 1.91. The molecule has 0 fully saturated rings. The molecule has 0 aliphatic heterocycles. The van der Waals surface area contributed by atoms with E-state index in [2.05, 4.69) is 0 Å². The summed E-state index contributed by atoms with van der Waals surface area (Å²) in [5.41, 5.74) is 0.358. The third-order valence-electron chi connectivity index (χ3n) is 1.47. The predicted octanol–water partition coefficient (Wildman–Crippen LogP) is 0.0284. The van der Waals surface area contributed by atoms with Crippen molar-refractivity contribution in [3.63, 3.8) is 0 Å². The van der Waals surface area contributed by atoms with E-state index in [1.807, 2.05) is 0 Å². The predicted molar refractivity (Wildman–Crippen MR) is 47.8 cm³/mol. The van der Waals surface area contributed by atoms with Gasteiger partial charge in [0.25, 0.3) is 0 Å². The van der Waals surface area contributed by atoms with Gasteiger partial charge in [0.2, 0.25) is 0 Å². The lowest BCUT2D eigenvalue weighted by atomic mass is 9.80. The van der Waals surface area contributed by atoms with E-state index in [0.29, 0.717) is 16.2 Å². The van der Waals surface area contributed by atoms with Gasteiger partial charge < -0.3 is 14.8 Å². The maximum atomic E-state index is 8.79. The van der Waals surface area contributed by atoms with Crippen molar-refractivity contribution >= 4 is 24.2 Å². The van der Waals surface area contributed by atoms with Crippen molar-refractivity contribution in [2.45, 2.75) is 0 Å². The fraction of sp³-hybridized carbons (Fsp3) is 0.143. The van der Waals surface area contributed by atoms with Crippen molar-refractivity contribution < 1.29 is 14.8 Å². The van der Waals surface area contributed by atoms with Gasteiger partial charge in [-0.2, -0.15) is 0 Å². The summed E-state index contributed by atoms with van der Waals surface area (Å²) in [6, 6.07) is 4.55. The minimum absolute atomic E-state index is 0.358. The number of hydrogen-bond acceptors (Lipinski definition) is 3. The molecule has 64 valence electrons. The molecule has 5 heteroatoms. The SMILES string of the molecule is COc1cc(B(O)O)ccc1Cl. The lowest BCUT2D eigenvalue weighted by Crippen LogP contribution is -2.29. The van der Waals surface area contributed by atoms with Crippen LogP contribution in [-0.2, 0) is 0 Å². The summed E-state index contributed by atoms with van der Waals surface area (Å²) in [5, 5.41) is 18.0. The second-order valence-electron chi connectivity index (χ2n) is 2.27. The molecular formula is C7H8BClO3. The summed E-state index contributed by atoms with van der Waals surface area (Å²) in [6.07, 6.45) is 0. The lowest BCUT2D eigenvalue weighted by Gasteiger charge is -2.04. The fourth-order valence-electron chi connectivity index (χ4n) is 0.837. The lowest BCUT2D eigenvalue weighted by molar-refractivity contribution is 0.412. The summed E-state index contributed by atoms with van der Waals surface area (Å²) < 4.78 is 4.88. The minimum atomic E-state index is -1.49. The van der Waals surface area contributed by atoms with E-state index in [1.54, 1.807) is 6.07 Å².